The molecule has 0 aromatic heterocycles. The lowest BCUT2D eigenvalue weighted by atomic mass is 9.88. The van der Waals surface area contributed by atoms with Gasteiger partial charge in [-0.15, -0.1) is 0 Å². The highest BCUT2D eigenvalue weighted by Gasteiger charge is 2.33. The van der Waals surface area contributed by atoms with Crippen LogP contribution in [0.4, 0.5) is 0 Å². The van der Waals surface area contributed by atoms with Gasteiger partial charge in [-0.2, -0.15) is 0 Å². The predicted molar refractivity (Wildman–Crippen MR) is 115 cm³/mol. The monoisotopic (exact) mass is 408 g/mol. The first kappa shape index (κ1) is 20.3. The molecule has 5 nitrogen and oxygen atoms in total. The number of hydrogen-bond donors (Lipinski definition) is 2. The molecule has 0 saturated carbocycles. The maximum absolute atomic E-state index is 12.7. The molecular formula is C25H28O5. The van der Waals surface area contributed by atoms with Crippen LogP contribution in [0, 0.1) is 0 Å². The Balaban J connectivity index is 1.75. The van der Waals surface area contributed by atoms with Gasteiger partial charge in [0.25, 0.3) is 0 Å². The number of hydrogen-bond acceptors (Lipinski definition) is 5. The van der Waals surface area contributed by atoms with Gasteiger partial charge < -0.3 is 19.7 Å². The smallest absolute Gasteiger partial charge is 0.174 e. The number of phenols is 2. The lowest BCUT2D eigenvalue weighted by molar-refractivity contribution is 0.0823. The van der Waals surface area contributed by atoms with Gasteiger partial charge in [0, 0.05) is 12.1 Å². The van der Waals surface area contributed by atoms with Gasteiger partial charge in [0.15, 0.2) is 5.78 Å². The Morgan fingerprint density at radius 2 is 1.97 bits per heavy atom. The van der Waals surface area contributed by atoms with Crippen LogP contribution in [0.15, 0.2) is 35.9 Å². The van der Waals surface area contributed by atoms with E-state index in [1.807, 2.05) is 0 Å². The van der Waals surface area contributed by atoms with Gasteiger partial charge in [0.05, 0.1) is 6.42 Å². The summed E-state index contributed by atoms with van der Waals surface area (Å²) < 4.78 is 12.4. The summed E-state index contributed by atoms with van der Waals surface area (Å²) in [6.45, 7) is 8.35. The molecule has 158 valence electrons. The fourth-order valence-electron chi connectivity index (χ4n) is 4.12. The minimum absolute atomic E-state index is 0.134. The molecule has 2 aliphatic rings. The summed E-state index contributed by atoms with van der Waals surface area (Å²) >= 11 is 0. The fourth-order valence-corrected chi connectivity index (χ4v) is 4.12. The molecule has 2 aromatic carbocycles. The third-order valence-electron chi connectivity index (χ3n) is 5.73. The van der Waals surface area contributed by atoms with Crippen molar-refractivity contribution in [3.63, 3.8) is 0 Å². The van der Waals surface area contributed by atoms with Crippen LogP contribution in [0.5, 0.6) is 23.0 Å². The van der Waals surface area contributed by atoms with Crippen LogP contribution in [-0.2, 0) is 12.8 Å². The molecule has 1 atom stereocenters. The van der Waals surface area contributed by atoms with Crippen LogP contribution in [0.1, 0.15) is 73.7 Å². The van der Waals surface area contributed by atoms with E-state index < -0.39 is 6.10 Å². The summed E-state index contributed by atoms with van der Waals surface area (Å²) in [6, 6.07) is 6.68. The van der Waals surface area contributed by atoms with E-state index in [4.69, 9.17) is 9.47 Å². The SMILES string of the molecule is CC(C)=CCc1cc([C@@H]2CC(=O)c3c(O)cc(O)cc3O2)cc2c1OC(C)(C)CC2. The van der Waals surface area contributed by atoms with Crippen LogP contribution in [0.2, 0.25) is 0 Å². The van der Waals surface area contributed by atoms with Crippen molar-refractivity contribution in [3.05, 3.63) is 58.2 Å². The number of fused-ring (bicyclic) bond motifs is 2. The van der Waals surface area contributed by atoms with Crippen molar-refractivity contribution in [2.45, 2.75) is 65.1 Å². The molecule has 0 spiro atoms. The molecule has 0 saturated heterocycles. The molecule has 2 aliphatic heterocycles. The molecule has 2 N–H and O–H groups in total. The molecule has 2 heterocycles. The summed E-state index contributed by atoms with van der Waals surface area (Å²) in [5, 5.41) is 19.9. The molecule has 0 amide bonds. The first-order chi connectivity index (χ1) is 14.1. The van der Waals surface area contributed by atoms with Crippen LogP contribution in [0.3, 0.4) is 0 Å². The van der Waals surface area contributed by atoms with E-state index in [-0.39, 0.29) is 40.6 Å². The highest BCUT2D eigenvalue weighted by atomic mass is 16.5. The quantitative estimate of drug-likeness (QED) is 0.664. The maximum Gasteiger partial charge on any atom is 0.174 e. The number of phenolic OH excluding ortho intramolecular Hbond substituents is 2. The Kier molecular flexibility index (Phi) is 5.00. The largest absolute Gasteiger partial charge is 0.508 e. The molecule has 2 aromatic rings. The number of allylic oxidation sites excluding steroid dienone is 2. The number of Topliss-reactive ketones (excluding diaryl/α,β-unsaturated/α-hetero) is 1. The summed E-state index contributed by atoms with van der Waals surface area (Å²) in [5.74, 6) is 0.573. The van der Waals surface area contributed by atoms with Gasteiger partial charge in [0.1, 0.15) is 40.3 Å². The Hall–Kier alpha value is -2.95. The van der Waals surface area contributed by atoms with Crippen molar-refractivity contribution >= 4 is 5.78 Å². The van der Waals surface area contributed by atoms with E-state index in [0.29, 0.717) is 0 Å². The van der Waals surface area contributed by atoms with Crippen LogP contribution in [-0.4, -0.2) is 21.6 Å². The molecule has 30 heavy (non-hydrogen) atoms. The van der Waals surface area contributed by atoms with Gasteiger partial charge in [-0.1, -0.05) is 11.6 Å². The Morgan fingerprint density at radius 3 is 2.70 bits per heavy atom. The second-order valence-corrected chi connectivity index (χ2v) is 9.09. The maximum atomic E-state index is 12.7. The number of aromatic hydroxyl groups is 2. The van der Waals surface area contributed by atoms with E-state index in [9.17, 15) is 15.0 Å². The van der Waals surface area contributed by atoms with Crippen molar-refractivity contribution in [3.8, 4) is 23.0 Å². The van der Waals surface area contributed by atoms with E-state index in [1.165, 1.54) is 11.6 Å². The van der Waals surface area contributed by atoms with Gasteiger partial charge in [-0.25, -0.2) is 0 Å². The standard InChI is InChI=1S/C25H28O5/c1-14(2)5-6-15-9-17(10-16-7-8-25(3,4)30-24(15)16)21-13-20(28)23-19(27)11-18(26)12-22(23)29-21/h5,9-12,21,26-27H,6-8,13H2,1-4H3/t21-/m0/s1. The Labute approximate surface area is 177 Å². The first-order valence-corrected chi connectivity index (χ1v) is 10.4. The molecule has 0 fully saturated rings. The molecule has 0 bridgehead atoms. The average Bonchev–Trinajstić information content (AvgIpc) is 2.64. The zero-order chi connectivity index (χ0) is 21.6. The van der Waals surface area contributed by atoms with E-state index in [0.717, 1.165) is 47.8 Å². The van der Waals surface area contributed by atoms with Gasteiger partial charge in [-0.3, -0.25) is 4.79 Å². The Morgan fingerprint density at radius 1 is 1.20 bits per heavy atom. The zero-order valence-electron chi connectivity index (χ0n) is 17.9. The molecule has 0 radical (unpaired) electrons. The molecule has 5 heteroatoms. The highest BCUT2D eigenvalue weighted by molar-refractivity contribution is 6.02. The minimum Gasteiger partial charge on any atom is -0.508 e. The third-order valence-corrected chi connectivity index (χ3v) is 5.73. The van der Waals surface area contributed by atoms with Crippen molar-refractivity contribution in [2.75, 3.05) is 0 Å². The van der Waals surface area contributed by atoms with Crippen molar-refractivity contribution in [1.29, 1.82) is 0 Å². The van der Waals surface area contributed by atoms with E-state index >= 15 is 0 Å². The van der Waals surface area contributed by atoms with E-state index in [2.05, 4.69) is 45.9 Å². The number of rotatable bonds is 3. The van der Waals surface area contributed by atoms with E-state index in [1.54, 1.807) is 0 Å². The minimum atomic E-state index is -0.475. The first-order valence-electron chi connectivity index (χ1n) is 10.4. The molecule has 0 unspecified atom stereocenters. The summed E-state index contributed by atoms with van der Waals surface area (Å²) in [6.07, 6.45) is 4.39. The second kappa shape index (κ2) is 7.38. The lowest BCUT2D eigenvalue weighted by Gasteiger charge is -2.35. The number of carbonyl (C=O) groups excluding carboxylic acids is 1. The van der Waals surface area contributed by atoms with Crippen molar-refractivity contribution < 1.29 is 24.5 Å². The summed E-state index contributed by atoms with van der Waals surface area (Å²) in [5.41, 5.74) is 4.28. The predicted octanol–water partition coefficient (Wildman–Crippen LogP) is 5.42. The molecule has 4 rings (SSSR count). The van der Waals surface area contributed by atoms with Gasteiger partial charge in [0.2, 0.25) is 0 Å². The van der Waals surface area contributed by atoms with Crippen molar-refractivity contribution in [1.82, 2.24) is 0 Å². The zero-order valence-corrected chi connectivity index (χ0v) is 17.9. The average molecular weight is 408 g/mol. The fraction of sp³-hybridized carbons (Fsp3) is 0.400. The number of aryl methyl sites for hydroxylation is 1. The molecular weight excluding hydrogens is 380 g/mol. The Bertz CT molecular complexity index is 1040. The van der Waals surface area contributed by atoms with Gasteiger partial charge in [-0.05, 0) is 75.8 Å². The highest BCUT2D eigenvalue weighted by Crippen LogP contribution is 2.44. The normalized spacial score (nSPS) is 19.2. The molecule has 0 aliphatic carbocycles. The topological polar surface area (TPSA) is 76.0 Å². The number of ketones is 1. The van der Waals surface area contributed by atoms with Crippen LogP contribution < -0.4 is 9.47 Å². The van der Waals surface area contributed by atoms with Crippen molar-refractivity contribution in [2.24, 2.45) is 0 Å². The van der Waals surface area contributed by atoms with Crippen LogP contribution >= 0.6 is 0 Å². The second-order valence-electron chi connectivity index (χ2n) is 9.09. The number of carbonyl (C=O) groups is 1. The lowest BCUT2D eigenvalue weighted by Crippen LogP contribution is -2.33. The van der Waals surface area contributed by atoms with Gasteiger partial charge >= 0.3 is 0 Å². The summed E-state index contributed by atoms with van der Waals surface area (Å²) in [7, 11) is 0. The summed E-state index contributed by atoms with van der Waals surface area (Å²) in [4.78, 5) is 12.7. The number of ether oxygens (including phenoxy) is 2. The third kappa shape index (κ3) is 3.89. The number of benzene rings is 2. The van der Waals surface area contributed by atoms with Crippen LogP contribution in [0.25, 0.3) is 0 Å².